The van der Waals surface area contributed by atoms with Gasteiger partial charge in [0, 0.05) is 6.07 Å². The zero-order valence-corrected chi connectivity index (χ0v) is 14.5. The van der Waals surface area contributed by atoms with Crippen molar-refractivity contribution >= 4 is 10.0 Å². The molecule has 0 radical (unpaired) electrons. The highest BCUT2D eigenvalue weighted by Crippen LogP contribution is 2.23. The van der Waals surface area contributed by atoms with Crippen LogP contribution in [0.2, 0.25) is 0 Å². The molecular formula is C19H19NO4S. The van der Waals surface area contributed by atoms with E-state index in [0.717, 1.165) is 0 Å². The molecule has 2 N–H and O–H groups in total. The number of rotatable bonds is 4. The Morgan fingerprint density at radius 1 is 0.800 bits per heavy atom. The maximum absolute atomic E-state index is 11.6. The summed E-state index contributed by atoms with van der Waals surface area (Å²) in [4.78, 5) is 0.179. The molecule has 0 saturated carbocycles. The van der Waals surface area contributed by atoms with E-state index in [1.54, 1.807) is 48.5 Å². The van der Waals surface area contributed by atoms with E-state index in [0.29, 0.717) is 17.2 Å². The van der Waals surface area contributed by atoms with Gasteiger partial charge in [0.15, 0.2) is 0 Å². The fourth-order valence-electron chi connectivity index (χ4n) is 1.88. The lowest BCUT2D eigenvalue weighted by atomic mass is 10.3. The van der Waals surface area contributed by atoms with E-state index in [1.807, 2.05) is 24.3 Å². The molecule has 0 fully saturated rings. The third kappa shape index (κ3) is 5.95. The first kappa shape index (κ1) is 18.5. The topological polar surface area (TPSA) is 75.6 Å². The average Bonchev–Trinajstić information content (AvgIpc) is 2.64. The number of aromatic hydroxyl groups is 1. The first-order chi connectivity index (χ1) is 12.0. The first-order valence-corrected chi connectivity index (χ1v) is 9.00. The molecule has 0 aliphatic carbocycles. The van der Waals surface area contributed by atoms with Crippen LogP contribution in [0, 0.1) is 0 Å². The third-order valence-electron chi connectivity index (χ3n) is 3.12. The summed E-state index contributed by atoms with van der Waals surface area (Å²) in [6.07, 6.45) is 0. The summed E-state index contributed by atoms with van der Waals surface area (Å²) in [6.45, 7) is 0. The van der Waals surface area contributed by atoms with Crippen molar-refractivity contribution in [1.82, 2.24) is 4.72 Å². The number of nitrogens with one attached hydrogen (secondary N) is 1. The lowest BCUT2D eigenvalue weighted by Gasteiger charge is -2.07. The molecule has 3 aromatic rings. The fourth-order valence-corrected chi connectivity index (χ4v) is 2.64. The molecule has 0 heterocycles. The van der Waals surface area contributed by atoms with Gasteiger partial charge in [0.05, 0.1) is 4.90 Å². The summed E-state index contributed by atoms with van der Waals surface area (Å²) >= 11 is 0. The predicted octanol–water partition coefficient (Wildman–Crippen LogP) is 3.78. The normalized spacial score (nSPS) is 10.4. The van der Waals surface area contributed by atoms with E-state index in [2.05, 4.69) is 4.72 Å². The van der Waals surface area contributed by atoms with Crippen molar-refractivity contribution in [1.29, 1.82) is 0 Å². The van der Waals surface area contributed by atoms with Gasteiger partial charge in [0.2, 0.25) is 10.0 Å². The maximum atomic E-state index is 11.6. The number of sulfonamides is 1. The average molecular weight is 357 g/mol. The SMILES string of the molecule is CNS(=O)(=O)c1cccc(Oc2ccccc2)c1.Oc1ccccc1. The zero-order valence-electron chi connectivity index (χ0n) is 13.7. The van der Waals surface area contributed by atoms with Gasteiger partial charge >= 0.3 is 0 Å². The molecule has 0 unspecified atom stereocenters. The van der Waals surface area contributed by atoms with Gasteiger partial charge in [-0.25, -0.2) is 13.1 Å². The van der Waals surface area contributed by atoms with Gasteiger partial charge < -0.3 is 9.84 Å². The Morgan fingerprint density at radius 3 is 1.88 bits per heavy atom. The largest absolute Gasteiger partial charge is 0.508 e. The van der Waals surface area contributed by atoms with Crippen LogP contribution in [0.3, 0.4) is 0 Å². The molecule has 5 nitrogen and oxygen atoms in total. The summed E-state index contributed by atoms with van der Waals surface area (Å²) < 4.78 is 31.1. The van der Waals surface area contributed by atoms with Crippen LogP contribution in [0.5, 0.6) is 17.2 Å². The fraction of sp³-hybridized carbons (Fsp3) is 0.0526. The highest BCUT2D eigenvalue weighted by Gasteiger charge is 2.11. The van der Waals surface area contributed by atoms with E-state index in [9.17, 15) is 8.42 Å². The van der Waals surface area contributed by atoms with Crippen LogP contribution in [-0.2, 0) is 10.0 Å². The first-order valence-electron chi connectivity index (χ1n) is 7.52. The van der Waals surface area contributed by atoms with Gasteiger partial charge in [-0.2, -0.15) is 0 Å². The zero-order chi connectivity index (χ0) is 18.1. The Balaban J connectivity index is 0.000000269. The summed E-state index contributed by atoms with van der Waals surface area (Å²) in [5.74, 6) is 1.47. The smallest absolute Gasteiger partial charge is 0.240 e. The van der Waals surface area contributed by atoms with Crippen molar-refractivity contribution in [2.75, 3.05) is 7.05 Å². The molecule has 0 amide bonds. The summed E-state index contributed by atoms with van der Waals surface area (Å²) in [5, 5.41) is 8.63. The predicted molar refractivity (Wildman–Crippen MR) is 97.3 cm³/mol. The molecule has 0 saturated heterocycles. The van der Waals surface area contributed by atoms with Gasteiger partial charge in [-0.15, -0.1) is 0 Å². The Labute approximate surface area is 147 Å². The van der Waals surface area contributed by atoms with Gasteiger partial charge in [0.25, 0.3) is 0 Å². The lowest BCUT2D eigenvalue weighted by molar-refractivity contribution is 0.475. The van der Waals surface area contributed by atoms with Gasteiger partial charge in [-0.1, -0.05) is 42.5 Å². The second kappa shape index (κ2) is 8.86. The Kier molecular flexibility index (Phi) is 6.56. The highest BCUT2D eigenvalue weighted by atomic mass is 32.2. The minimum absolute atomic E-state index is 0.179. The quantitative estimate of drug-likeness (QED) is 0.745. The van der Waals surface area contributed by atoms with Crippen molar-refractivity contribution in [3.05, 3.63) is 84.9 Å². The highest BCUT2D eigenvalue weighted by molar-refractivity contribution is 7.89. The Morgan fingerprint density at radius 2 is 1.36 bits per heavy atom. The van der Waals surface area contributed by atoms with E-state index >= 15 is 0 Å². The number of phenolic OH excluding ortho intramolecular Hbond substituents is 1. The van der Waals surface area contributed by atoms with Crippen LogP contribution in [0.25, 0.3) is 0 Å². The minimum atomic E-state index is -3.44. The van der Waals surface area contributed by atoms with E-state index in [4.69, 9.17) is 9.84 Å². The lowest BCUT2D eigenvalue weighted by Crippen LogP contribution is -2.18. The minimum Gasteiger partial charge on any atom is -0.508 e. The second-order valence-corrected chi connectivity index (χ2v) is 6.82. The van der Waals surface area contributed by atoms with E-state index in [-0.39, 0.29) is 4.90 Å². The second-order valence-electron chi connectivity index (χ2n) is 4.93. The van der Waals surface area contributed by atoms with Crippen molar-refractivity contribution in [2.24, 2.45) is 0 Å². The molecule has 6 heteroatoms. The van der Waals surface area contributed by atoms with Crippen molar-refractivity contribution in [3.63, 3.8) is 0 Å². The summed E-state index contributed by atoms with van der Waals surface area (Å²) in [6, 6.07) is 24.3. The number of ether oxygens (including phenoxy) is 1. The van der Waals surface area contributed by atoms with Crippen LogP contribution < -0.4 is 9.46 Å². The van der Waals surface area contributed by atoms with Crippen LogP contribution in [0.4, 0.5) is 0 Å². The summed E-state index contributed by atoms with van der Waals surface area (Å²) in [7, 11) is -2.07. The van der Waals surface area contributed by atoms with Crippen molar-refractivity contribution in [3.8, 4) is 17.2 Å². The molecule has 3 rings (SSSR count). The van der Waals surface area contributed by atoms with Gasteiger partial charge in [-0.3, -0.25) is 0 Å². The number of benzene rings is 3. The number of hydrogen-bond acceptors (Lipinski definition) is 4. The standard InChI is InChI=1S/C13H13NO3S.C6H6O/c1-14-18(15,16)13-9-5-8-12(10-13)17-11-6-3-2-4-7-11;7-6-4-2-1-3-5-6/h2-10,14H,1H3;1-5,7H. The molecule has 0 bridgehead atoms. The van der Waals surface area contributed by atoms with Gasteiger partial charge in [0.1, 0.15) is 17.2 Å². The molecule has 0 aliphatic heterocycles. The number of phenols is 1. The number of para-hydroxylation sites is 2. The Bertz CT molecular complexity index is 882. The third-order valence-corrected chi connectivity index (χ3v) is 4.53. The number of hydrogen-bond donors (Lipinski definition) is 2. The molecule has 0 atom stereocenters. The molecule has 25 heavy (non-hydrogen) atoms. The van der Waals surface area contributed by atoms with Crippen LogP contribution in [0.1, 0.15) is 0 Å². The van der Waals surface area contributed by atoms with E-state index in [1.165, 1.54) is 19.2 Å². The van der Waals surface area contributed by atoms with Gasteiger partial charge in [-0.05, 0) is 43.4 Å². The van der Waals surface area contributed by atoms with Crippen molar-refractivity contribution in [2.45, 2.75) is 4.90 Å². The molecular weight excluding hydrogens is 338 g/mol. The van der Waals surface area contributed by atoms with Crippen LogP contribution >= 0.6 is 0 Å². The maximum Gasteiger partial charge on any atom is 0.240 e. The van der Waals surface area contributed by atoms with Crippen LogP contribution in [-0.4, -0.2) is 20.6 Å². The van der Waals surface area contributed by atoms with Crippen molar-refractivity contribution < 1.29 is 18.3 Å². The Hall–Kier alpha value is -2.83. The molecule has 0 spiro atoms. The van der Waals surface area contributed by atoms with Crippen LogP contribution in [0.15, 0.2) is 89.8 Å². The molecule has 0 aliphatic rings. The summed E-state index contributed by atoms with van der Waals surface area (Å²) in [5.41, 5.74) is 0. The molecule has 0 aromatic heterocycles. The van der Waals surface area contributed by atoms with E-state index < -0.39 is 10.0 Å². The monoisotopic (exact) mass is 357 g/mol. The molecule has 3 aromatic carbocycles. The molecule has 130 valence electrons.